The summed E-state index contributed by atoms with van der Waals surface area (Å²) in [7, 11) is 0. The SMILES string of the molecule is CCc1ccc(OCC2=C(c3ccc(C)c(F)c3)CCC2)c(C)c1C. The van der Waals surface area contributed by atoms with Crippen molar-refractivity contribution in [1.29, 1.82) is 0 Å². The minimum absolute atomic E-state index is 0.126. The van der Waals surface area contributed by atoms with Gasteiger partial charge < -0.3 is 4.74 Å². The summed E-state index contributed by atoms with van der Waals surface area (Å²) >= 11 is 0. The van der Waals surface area contributed by atoms with Gasteiger partial charge in [-0.3, -0.25) is 0 Å². The first-order valence-corrected chi connectivity index (χ1v) is 9.20. The summed E-state index contributed by atoms with van der Waals surface area (Å²) in [5.74, 6) is 0.835. The molecule has 0 aromatic heterocycles. The molecule has 0 atom stereocenters. The minimum atomic E-state index is -0.126. The number of hydrogen-bond acceptors (Lipinski definition) is 1. The highest BCUT2D eigenvalue weighted by Crippen LogP contribution is 2.35. The number of allylic oxidation sites excluding steroid dienone is 1. The highest BCUT2D eigenvalue weighted by Gasteiger charge is 2.18. The normalized spacial score (nSPS) is 14.3. The van der Waals surface area contributed by atoms with Gasteiger partial charge in [0.2, 0.25) is 0 Å². The molecule has 0 unspecified atom stereocenters. The van der Waals surface area contributed by atoms with Crippen molar-refractivity contribution < 1.29 is 9.13 Å². The lowest BCUT2D eigenvalue weighted by atomic mass is 10.00. The summed E-state index contributed by atoms with van der Waals surface area (Å²) < 4.78 is 20.1. The summed E-state index contributed by atoms with van der Waals surface area (Å²) in [5, 5.41) is 0. The largest absolute Gasteiger partial charge is 0.489 e. The van der Waals surface area contributed by atoms with Crippen molar-refractivity contribution in [3.8, 4) is 5.75 Å². The molecular weight excluding hydrogens is 311 g/mol. The smallest absolute Gasteiger partial charge is 0.126 e. The van der Waals surface area contributed by atoms with Gasteiger partial charge in [0.15, 0.2) is 0 Å². The van der Waals surface area contributed by atoms with E-state index < -0.39 is 0 Å². The van der Waals surface area contributed by atoms with Gasteiger partial charge in [0.1, 0.15) is 18.2 Å². The Morgan fingerprint density at radius 3 is 2.52 bits per heavy atom. The van der Waals surface area contributed by atoms with Gasteiger partial charge >= 0.3 is 0 Å². The Morgan fingerprint density at radius 2 is 1.80 bits per heavy atom. The fourth-order valence-electron chi connectivity index (χ4n) is 3.65. The van der Waals surface area contributed by atoms with Gasteiger partial charge in [-0.2, -0.15) is 0 Å². The molecule has 0 saturated heterocycles. The summed E-state index contributed by atoms with van der Waals surface area (Å²) in [4.78, 5) is 0. The van der Waals surface area contributed by atoms with E-state index >= 15 is 0 Å². The van der Waals surface area contributed by atoms with Crippen molar-refractivity contribution in [3.05, 3.63) is 69.5 Å². The Morgan fingerprint density at radius 1 is 1.00 bits per heavy atom. The second kappa shape index (κ2) is 7.43. The molecule has 132 valence electrons. The van der Waals surface area contributed by atoms with Crippen LogP contribution in [0.15, 0.2) is 35.9 Å². The molecule has 0 heterocycles. The molecule has 0 N–H and O–H groups in total. The van der Waals surface area contributed by atoms with E-state index in [2.05, 4.69) is 32.9 Å². The van der Waals surface area contributed by atoms with Crippen molar-refractivity contribution >= 4 is 5.57 Å². The molecule has 2 aromatic carbocycles. The van der Waals surface area contributed by atoms with E-state index in [1.54, 1.807) is 13.0 Å². The molecule has 0 bridgehead atoms. The standard InChI is InChI=1S/C23H27FO/c1-5-18-11-12-23(17(4)16(18)3)25-14-20-7-6-8-21(20)19-10-9-15(2)22(24)13-19/h9-13H,5-8,14H2,1-4H3. The maximum absolute atomic E-state index is 13.9. The molecule has 0 aliphatic heterocycles. The number of hydrogen-bond donors (Lipinski definition) is 0. The molecule has 0 spiro atoms. The predicted molar refractivity (Wildman–Crippen MR) is 103 cm³/mol. The Hall–Kier alpha value is -2.09. The number of rotatable bonds is 5. The first-order chi connectivity index (χ1) is 12.0. The van der Waals surface area contributed by atoms with Gasteiger partial charge in [0.25, 0.3) is 0 Å². The Kier molecular flexibility index (Phi) is 5.27. The first-order valence-electron chi connectivity index (χ1n) is 9.20. The van der Waals surface area contributed by atoms with Gasteiger partial charge in [0.05, 0.1) is 0 Å². The van der Waals surface area contributed by atoms with Gasteiger partial charge in [-0.05, 0) is 97.6 Å². The van der Waals surface area contributed by atoms with Crippen LogP contribution in [0.4, 0.5) is 4.39 Å². The Labute approximate surface area is 150 Å². The van der Waals surface area contributed by atoms with Crippen LogP contribution in [0.3, 0.4) is 0 Å². The molecular formula is C23H27FO. The average molecular weight is 338 g/mol. The fraction of sp³-hybridized carbons (Fsp3) is 0.391. The molecule has 3 rings (SSSR count). The zero-order valence-corrected chi connectivity index (χ0v) is 15.7. The molecule has 0 radical (unpaired) electrons. The third-order valence-electron chi connectivity index (χ3n) is 5.48. The maximum atomic E-state index is 13.9. The van der Waals surface area contributed by atoms with Crippen LogP contribution in [-0.4, -0.2) is 6.61 Å². The molecule has 0 saturated carbocycles. The lowest BCUT2D eigenvalue weighted by molar-refractivity contribution is 0.346. The zero-order valence-electron chi connectivity index (χ0n) is 15.7. The van der Waals surface area contributed by atoms with Crippen molar-refractivity contribution in [2.75, 3.05) is 6.61 Å². The molecule has 1 nitrogen and oxygen atoms in total. The summed E-state index contributed by atoms with van der Waals surface area (Å²) in [6, 6.07) is 9.82. The van der Waals surface area contributed by atoms with Crippen molar-refractivity contribution in [1.82, 2.24) is 0 Å². The van der Waals surface area contributed by atoms with Gasteiger partial charge in [-0.25, -0.2) is 4.39 Å². The topological polar surface area (TPSA) is 9.23 Å². The molecule has 2 aromatic rings. The molecule has 1 aliphatic rings. The third-order valence-corrected chi connectivity index (χ3v) is 5.48. The lowest BCUT2D eigenvalue weighted by Crippen LogP contribution is -2.04. The number of benzene rings is 2. The third kappa shape index (κ3) is 3.63. The van der Waals surface area contributed by atoms with Gasteiger partial charge in [-0.1, -0.05) is 25.1 Å². The second-order valence-electron chi connectivity index (χ2n) is 7.01. The van der Waals surface area contributed by atoms with Crippen LogP contribution < -0.4 is 4.74 Å². The summed E-state index contributed by atoms with van der Waals surface area (Å²) in [6.45, 7) is 8.87. The van der Waals surface area contributed by atoms with Crippen LogP contribution in [0.25, 0.3) is 5.57 Å². The maximum Gasteiger partial charge on any atom is 0.126 e. The van der Waals surface area contributed by atoms with Crippen molar-refractivity contribution in [2.24, 2.45) is 0 Å². The van der Waals surface area contributed by atoms with Crippen LogP contribution in [-0.2, 0) is 6.42 Å². The van der Waals surface area contributed by atoms with Gasteiger partial charge in [-0.15, -0.1) is 0 Å². The highest BCUT2D eigenvalue weighted by molar-refractivity contribution is 5.71. The summed E-state index contributed by atoms with van der Waals surface area (Å²) in [6.07, 6.45) is 4.21. The molecule has 0 fully saturated rings. The van der Waals surface area contributed by atoms with E-state index in [1.807, 2.05) is 12.1 Å². The van der Waals surface area contributed by atoms with Crippen molar-refractivity contribution in [3.63, 3.8) is 0 Å². The number of ether oxygens (including phenoxy) is 1. The van der Waals surface area contributed by atoms with Gasteiger partial charge in [0, 0.05) is 0 Å². The van der Waals surface area contributed by atoms with E-state index in [0.29, 0.717) is 12.2 Å². The quantitative estimate of drug-likeness (QED) is 0.619. The molecule has 1 aliphatic carbocycles. The van der Waals surface area contributed by atoms with Crippen LogP contribution in [0.5, 0.6) is 5.75 Å². The van der Waals surface area contributed by atoms with E-state index in [9.17, 15) is 4.39 Å². The highest BCUT2D eigenvalue weighted by atomic mass is 19.1. The average Bonchev–Trinajstić information content (AvgIpc) is 3.07. The minimum Gasteiger partial charge on any atom is -0.489 e. The van der Waals surface area contributed by atoms with Crippen LogP contribution in [0, 0.1) is 26.6 Å². The molecule has 2 heteroatoms. The molecule has 0 amide bonds. The second-order valence-corrected chi connectivity index (χ2v) is 7.01. The Bertz CT molecular complexity index is 817. The van der Waals surface area contributed by atoms with E-state index in [4.69, 9.17) is 4.74 Å². The van der Waals surface area contributed by atoms with E-state index in [0.717, 1.165) is 37.0 Å². The fourth-order valence-corrected chi connectivity index (χ4v) is 3.65. The number of halogens is 1. The van der Waals surface area contributed by atoms with Crippen LogP contribution >= 0.6 is 0 Å². The zero-order chi connectivity index (χ0) is 18.0. The summed E-state index contributed by atoms with van der Waals surface area (Å²) in [5.41, 5.74) is 8.19. The monoisotopic (exact) mass is 338 g/mol. The first kappa shape index (κ1) is 17.7. The van der Waals surface area contributed by atoms with Crippen molar-refractivity contribution in [2.45, 2.75) is 53.4 Å². The van der Waals surface area contributed by atoms with Crippen LogP contribution in [0.2, 0.25) is 0 Å². The molecule has 25 heavy (non-hydrogen) atoms. The Balaban J connectivity index is 1.82. The predicted octanol–water partition coefficient (Wildman–Crippen LogP) is 6.33. The van der Waals surface area contributed by atoms with E-state index in [1.165, 1.54) is 27.8 Å². The lowest BCUT2D eigenvalue weighted by Gasteiger charge is -2.15. The van der Waals surface area contributed by atoms with E-state index in [-0.39, 0.29) is 5.82 Å². The number of aryl methyl sites for hydroxylation is 2. The van der Waals surface area contributed by atoms with Crippen LogP contribution in [0.1, 0.15) is 54.0 Å².